The fourth-order valence-corrected chi connectivity index (χ4v) is 1.88. The van der Waals surface area contributed by atoms with E-state index in [0.29, 0.717) is 25.7 Å². The van der Waals surface area contributed by atoms with Crippen LogP contribution in [0.3, 0.4) is 0 Å². The van der Waals surface area contributed by atoms with E-state index in [0.717, 1.165) is 23.3 Å². The van der Waals surface area contributed by atoms with Crippen molar-refractivity contribution in [2.75, 3.05) is 31.7 Å². The summed E-state index contributed by atoms with van der Waals surface area (Å²) < 4.78 is 10.9. The molecule has 0 fully saturated rings. The molecule has 1 aromatic rings. The molecule has 0 saturated carbocycles. The molecule has 0 unspecified atom stereocenters. The number of hydrogen-bond donors (Lipinski definition) is 1. The van der Waals surface area contributed by atoms with Crippen LogP contribution in [-0.2, 0) is 16.1 Å². The van der Waals surface area contributed by atoms with Crippen LogP contribution in [0.25, 0.3) is 0 Å². The molecular weight excluding hydrogens is 238 g/mol. The average molecular weight is 259 g/mol. The number of rotatable bonds is 9. The summed E-state index contributed by atoms with van der Waals surface area (Å²) in [6, 6.07) is 0. The summed E-state index contributed by atoms with van der Waals surface area (Å²) in [6.07, 6.45) is 0. The highest BCUT2D eigenvalue weighted by Gasteiger charge is 2.02. The number of anilines is 1. The lowest BCUT2D eigenvalue weighted by Gasteiger charge is -2.06. The molecule has 0 radical (unpaired) electrons. The fraction of sp³-hybridized carbons (Fsp3) is 0.818. The van der Waals surface area contributed by atoms with Gasteiger partial charge in [-0.1, -0.05) is 25.2 Å². The fourth-order valence-electron chi connectivity index (χ4n) is 1.13. The maximum atomic E-state index is 5.45. The number of hydrogen-bond acceptors (Lipinski definition) is 6. The van der Waals surface area contributed by atoms with Crippen molar-refractivity contribution in [1.82, 2.24) is 10.2 Å². The zero-order valence-corrected chi connectivity index (χ0v) is 11.5. The van der Waals surface area contributed by atoms with Crippen LogP contribution in [0.2, 0.25) is 0 Å². The molecule has 0 aliphatic rings. The Balaban J connectivity index is 2.05. The molecule has 0 amide bonds. The molecule has 5 nitrogen and oxygen atoms in total. The van der Waals surface area contributed by atoms with E-state index >= 15 is 0 Å². The summed E-state index contributed by atoms with van der Waals surface area (Å²) in [5, 5.41) is 12.9. The quantitative estimate of drug-likeness (QED) is 0.689. The second-order valence-electron chi connectivity index (χ2n) is 4.05. The molecule has 1 rings (SSSR count). The second-order valence-corrected chi connectivity index (χ2v) is 5.11. The Hall–Kier alpha value is -0.720. The van der Waals surface area contributed by atoms with E-state index in [1.54, 1.807) is 0 Å². The SMILES string of the molecule is CCNc1nnc(COCCOCC(C)C)s1. The Labute approximate surface area is 107 Å². The van der Waals surface area contributed by atoms with Gasteiger partial charge in [0, 0.05) is 13.2 Å². The molecule has 0 bridgehead atoms. The van der Waals surface area contributed by atoms with Crippen molar-refractivity contribution in [2.45, 2.75) is 27.4 Å². The first-order valence-corrected chi connectivity index (χ1v) is 6.75. The third-order valence-electron chi connectivity index (χ3n) is 1.84. The maximum Gasteiger partial charge on any atom is 0.205 e. The van der Waals surface area contributed by atoms with Crippen molar-refractivity contribution in [3.8, 4) is 0 Å². The molecule has 6 heteroatoms. The van der Waals surface area contributed by atoms with Gasteiger partial charge in [-0.25, -0.2) is 0 Å². The largest absolute Gasteiger partial charge is 0.379 e. The van der Waals surface area contributed by atoms with Gasteiger partial charge in [-0.05, 0) is 12.8 Å². The molecule has 1 heterocycles. The van der Waals surface area contributed by atoms with Gasteiger partial charge < -0.3 is 14.8 Å². The van der Waals surface area contributed by atoms with E-state index in [-0.39, 0.29) is 0 Å². The lowest BCUT2D eigenvalue weighted by molar-refractivity contribution is 0.0312. The lowest BCUT2D eigenvalue weighted by Crippen LogP contribution is -2.08. The van der Waals surface area contributed by atoms with Crippen molar-refractivity contribution in [2.24, 2.45) is 5.92 Å². The van der Waals surface area contributed by atoms with Crippen molar-refractivity contribution in [3.05, 3.63) is 5.01 Å². The van der Waals surface area contributed by atoms with Gasteiger partial charge in [0.2, 0.25) is 5.13 Å². The van der Waals surface area contributed by atoms with Crippen LogP contribution in [0, 0.1) is 5.92 Å². The standard InChI is InChI=1S/C11H21N3O2S/c1-4-12-11-14-13-10(17-11)8-16-6-5-15-7-9(2)3/h9H,4-8H2,1-3H3,(H,12,14). The van der Waals surface area contributed by atoms with E-state index < -0.39 is 0 Å². The van der Waals surface area contributed by atoms with Crippen molar-refractivity contribution in [1.29, 1.82) is 0 Å². The number of aromatic nitrogens is 2. The van der Waals surface area contributed by atoms with Crippen LogP contribution in [0.1, 0.15) is 25.8 Å². The van der Waals surface area contributed by atoms with Crippen LogP contribution >= 0.6 is 11.3 Å². The molecular formula is C11H21N3O2S. The van der Waals surface area contributed by atoms with E-state index in [4.69, 9.17) is 9.47 Å². The molecule has 0 aromatic carbocycles. The molecule has 1 N–H and O–H groups in total. The number of nitrogens with zero attached hydrogens (tertiary/aromatic N) is 2. The lowest BCUT2D eigenvalue weighted by atomic mass is 10.2. The smallest absolute Gasteiger partial charge is 0.205 e. The van der Waals surface area contributed by atoms with Gasteiger partial charge in [0.15, 0.2) is 0 Å². The number of ether oxygens (including phenoxy) is 2. The predicted octanol–water partition coefficient (Wildman–Crippen LogP) is 2.16. The van der Waals surface area contributed by atoms with Gasteiger partial charge in [-0.2, -0.15) is 0 Å². The summed E-state index contributed by atoms with van der Waals surface area (Å²) in [6.45, 7) is 9.68. The Morgan fingerprint density at radius 2 is 2.00 bits per heavy atom. The monoisotopic (exact) mass is 259 g/mol. The summed E-state index contributed by atoms with van der Waals surface area (Å²) in [4.78, 5) is 0. The highest BCUT2D eigenvalue weighted by Crippen LogP contribution is 2.15. The van der Waals surface area contributed by atoms with Crippen LogP contribution in [0.15, 0.2) is 0 Å². The molecule has 1 aromatic heterocycles. The Morgan fingerprint density at radius 1 is 1.24 bits per heavy atom. The molecule has 0 aliphatic carbocycles. The second kappa shape index (κ2) is 8.38. The van der Waals surface area contributed by atoms with Gasteiger partial charge in [0.1, 0.15) is 11.6 Å². The zero-order valence-electron chi connectivity index (χ0n) is 10.7. The van der Waals surface area contributed by atoms with Crippen molar-refractivity contribution < 1.29 is 9.47 Å². The number of nitrogens with one attached hydrogen (secondary N) is 1. The summed E-state index contributed by atoms with van der Waals surface area (Å²) in [7, 11) is 0. The van der Waals surface area contributed by atoms with Crippen molar-refractivity contribution in [3.63, 3.8) is 0 Å². The topological polar surface area (TPSA) is 56.3 Å². The highest BCUT2D eigenvalue weighted by molar-refractivity contribution is 7.15. The zero-order chi connectivity index (χ0) is 12.5. The summed E-state index contributed by atoms with van der Waals surface area (Å²) >= 11 is 1.53. The maximum absolute atomic E-state index is 5.45. The van der Waals surface area contributed by atoms with Gasteiger partial charge in [-0.3, -0.25) is 0 Å². The minimum atomic E-state index is 0.508. The minimum absolute atomic E-state index is 0.508. The molecule has 98 valence electrons. The van der Waals surface area contributed by atoms with Crippen LogP contribution < -0.4 is 5.32 Å². The Bertz CT molecular complexity index is 305. The van der Waals surface area contributed by atoms with E-state index in [1.165, 1.54) is 11.3 Å². The van der Waals surface area contributed by atoms with Crippen LogP contribution in [0.5, 0.6) is 0 Å². The van der Waals surface area contributed by atoms with Gasteiger partial charge in [0.05, 0.1) is 13.2 Å². The molecule has 0 aliphatic heterocycles. The predicted molar refractivity (Wildman–Crippen MR) is 69.4 cm³/mol. The first-order valence-electron chi connectivity index (χ1n) is 5.94. The minimum Gasteiger partial charge on any atom is -0.379 e. The van der Waals surface area contributed by atoms with E-state index in [1.807, 2.05) is 6.92 Å². The highest BCUT2D eigenvalue weighted by atomic mass is 32.1. The summed E-state index contributed by atoms with van der Waals surface area (Å²) in [5.74, 6) is 0.570. The first kappa shape index (κ1) is 14.3. The van der Waals surface area contributed by atoms with Crippen molar-refractivity contribution >= 4 is 16.5 Å². The molecule has 0 saturated heterocycles. The normalized spacial score (nSPS) is 11.1. The molecule has 0 spiro atoms. The van der Waals surface area contributed by atoms with E-state index in [9.17, 15) is 0 Å². The summed E-state index contributed by atoms with van der Waals surface area (Å²) in [5.41, 5.74) is 0. The van der Waals surface area contributed by atoms with E-state index in [2.05, 4.69) is 29.4 Å². The molecule has 17 heavy (non-hydrogen) atoms. The van der Waals surface area contributed by atoms with Gasteiger partial charge >= 0.3 is 0 Å². The first-order chi connectivity index (χ1) is 8.22. The Morgan fingerprint density at radius 3 is 2.71 bits per heavy atom. The van der Waals surface area contributed by atoms with Crippen LogP contribution in [-0.4, -0.2) is 36.6 Å². The Kier molecular flexibility index (Phi) is 7.07. The van der Waals surface area contributed by atoms with Crippen LogP contribution in [0.4, 0.5) is 5.13 Å². The molecule has 0 atom stereocenters. The average Bonchev–Trinajstić information content (AvgIpc) is 2.71. The third-order valence-corrected chi connectivity index (χ3v) is 2.70. The third kappa shape index (κ3) is 6.55. The van der Waals surface area contributed by atoms with Gasteiger partial charge in [0.25, 0.3) is 0 Å². The van der Waals surface area contributed by atoms with Gasteiger partial charge in [-0.15, -0.1) is 10.2 Å².